The molecule has 3 N–H and O–H groups in total. The Morgan fingerprint density at radius 1 is 1.10 bits per heavy atom. The van der Waals surface area contributed by atoms with Crippen LogP contribution >= 0.6 is 11.6 Å². The Labute approximate surface area is 131 Å². The number of hydrogen-bond donors (Lipinski definition) is 2. The van der Waals surface area contributed by atoms with E-state index >= 15 is 0 Å². The van der Waals surface area contributed by atoms with Gasteiger partial charge in [0.2, 0.25) is 0 Å². The molecule has 112 valence electrons. The fourth-order valence-electron chi connectivity index (χ4n) is 2.28. The molecule has 0 aliphatic heterocycles. The number of nitrogens with one attached hydrogen (secondary N) is 1. The van der Waals surface area contributed by atoms with Crippen molar-refractivity contribution in [1.82, 2.24) is 5.43 Å². The second-order valence-corrected chi connectivity index (χ2v) is 5.70. The minimum absolute atomic E-state index is 0.0942. The smallest absolute Gasteiger partial charge is 0.121 e. The summed E-state index contributed by atoms with van der Waals surface area (Å²) in [5, 5.41) is 0.656. The zero-order valence-electron chi connectivity index (χ0n) is 12.6. The maximum atomic E-state index is 5.98. The van der Waals surface area contributed by atoms with Crippen molar-refractivity contribution in [2.24, 2.45) is 5.84 Å². The van der Waals surface area contributed by atoms with Crippen LogP contribution in [0.4, 0.5) is 0 Å². The Morgan fingerprint density at radius 3 is 2.48 bits per heavy atom. The van der Waals surface area contributed by atoms with Gasteiger partial charge in [0.05, 0.1) is 6.04 Å². The number of nitrogens with two attached hydrogens (primary N) is 1. The highest BCUT2D eigenvalue weighted by atomic mass is 35.5. The van der Waals surface area contributed by atoms with Gasteiger partial charge >= 0.3 is 0 Å². The Morgan fingerprint density at radius 2 is 1.86 bits per heavy atom. The summed E-state index contributed by atoms with van der Waals surface area (Å²) in [6, 6.07) is 13.6. The van der Waals surface area contributed by atoms with Crippen molar-refractivity contribution in [3.63, 3.8) is 0 Å². The van der Waals surface area contributed by atoms with Gasteiger partial charge in [-0.25, -0.2) is 5.43 Å². The first-order valence-corrected chi connectivity index (χ1v) is 7.34. The van der Waals surface area contributed by atoms with Gasteiger partial charge in [-0.2, -0.15) is 0 Å². The largest absolute Gasteiger partial charge is 0.489 e. The Kier molecular flexibility index (Phi) is 5.23. The van der Waals surface area contributed by atoms with Crippen LogP contribution in [0.3, 0.4) is 0 Å². The van der Waals surface area contributed by atoms with Crippen molar-refractivity contribution in [2.75, 3.05) is 0 Å². The Hall–Kier alpha value is -1.55. The lowest BCUT2D eigenvalue weighted by Crippen LogP contribution is -2.38. The molecule has 0 amide bonds. The molecule has 0 spiro atoms. The molecule has 0 radical (unpaired) electrons. The van der Waals surface area contributed by atoms with Crippen LogP contribution in [-0.2, 0) is 0 Å². The first kappa shape index (κ1) is 15.8. The van der Waals surface area contributed by atoms with Gasteiger partial charge in [0.15, 0.2) is 0 Å². The zero-order valence-corrected chi connectivity index (χ0v) is 13.3. The predicted octanol–water partition coefficient (Wildman–Crippen LogP) is 3.93. The second-order valence-electron chi connectivity index (χ2n) is 5.27. The summed E-state index contributed by atoms with van der Waals surface area (Å²) in [6.07, 6.45) is -0.129. The molecule has 3 nitrogen and oxygen atoms in total. The minimum atomic E-state index is -0.129. The lowest BCUT2D eigenvalue weighted by Gasteiger charge is -2.25. The maximum Gasteiger partial charge on any atom is 0.121 e. The van der Waals surface area contributed by atoms with Crippen LogP contribution in [0.1, 0.15) is 29.7 Å². The number of halogens is 1. The molecule has 0 saturated carbocycles. The van der Waals surface area contributed by atoms with E-state index in [0.717, 1.165) is 11.3 Å². The van der Waals surface area contributed by atoms with E-state index in [1.807, 2.05) is 25.1 Å². The van der Waals surface area contributed by atoms with E-state index in [1.165, 1.54) is 11.1 Å². The highest BCUT2D eigenvalue weighted by molar-refractivity contribution is 6.30. The van der Waals surface area contributed by atoms with Gasteiger partial charge in [-0.3, -0.25) is 5.84 Å². The van der Waals surface area contributed by atoms with Crippen molar-refractivity contribution in [3.8, 4) is 5.75 Å². The molecular formula is C17H21ClN2O. The summed E-state index contributed by atoms with van der Waals surface area (Å²) in [6.45, 7) is 6.17. The molecule has 0 heterocycles. The van der Waals surface area contributed by atoms with E-state index in [4.69, 9.17) is 22.2 Å². The molecule has 2 aromatic rings. The molecule has 2 aromatic carbocycles. The Bertz CT molecular complexity index is 615. The molecule has 0 aliphatic carbocycles. The monoisotopic (exact) mass is 304 g/mol. The number of rotatable bonds is 5. The van der Waals surface area contributed by atoms with E-state index in [9.17, 15) is 0 Å². The third-order valence-corrected chi connectivity index (χ3v) is 3.89. The second kappa shape index (κ2) is 6.94. The van der Waals surface area contributed by atoms with Crippen molar-refractivity contribution >= 4 is 11.6 Å². The quantitative estimate of drug-likeness (QED) is 0.650. The summed E-state index contributed by atoms with van der Waals surface area (Å²) in [5.74, 6) is 6.46. The van der Waals surface area contributed by atoms with E-state index < -0.39 is 0 Å². The van der Waals surface area contributed by atoms with Crippen molar-refractivity contribution in [3.05, 3.63) is 64.2 Å². The Balaban J connectivity index is 2.18. The number of benzene rings is 2. The first-order chi connectivity index (χ1) is 10.0. The van der Waals surface area contributed by atoms with Crippen LogP contribution < -0.4 is 16.0 Å². The normalized spacial score (nSPS) is 13.8. The number of ether oxygens (including phenoxy) is 1. The van der Waals surface area contributed by atoms with Crippen LogP contribution in [0.25, 0.3) is 0 Å². The highest BCUT2D eigenvalue weighted by Gasteiger charge is 2.20. The van der Waals surface area contributed by atoms with Gasteiger partial charge in [-0.05, 0) is 55.7 Å². The molecule has 2 rings (SSSR count). The molecule has 0 fully saturated rings. The average molecular weight is 305 g/mol. The molecule has 0 bridgehead atoms. The highest BCUT2D eigenvalue weighted by Crippen LogP contribution is 2.24. The first-order valence-electron chi connectivity index (χ1n) is 6.96. The molecule has 4 heteroatoms. The van der Waals surface area contributed by atoms with Gasteiger partial charge < -0.3 is 4.74 Å². The van der Waals surface area contributed by atoms with Gasteiger partial charge in [-0.15, -0.1) is 0 Å². The van der Waals surface area contributed by atoms with Gasteiger partial charge in [0, 0.05) is 5.02 Å². The molecule has 0 saturated heterocycles. The van der Waals surface area contributed by atoms with Crippen molar-refractivity contribution in [1.29, 1.82) is 0 Å². The SMILES string of the molecule is Cc1ccc(C(NN)C(C)Oc2cccc(Cl)c2)cc1C. The third-order valence-electron chi connectivity index (χ3n) is 3.66. The van der Waals surface area contributed by atoms with Crippen LogP contribution in [0.15, 0.2) is 42.5 Å². The summed E-state index contributed by atoms with van der Waals surface area (Å²) >= 11 is 5.98. The predicted molar refractivity (Wildman–Crippen MR) is 87.5 cm³/mol. The number of aryl methyl sites for hydroxylation is 2. The van der Waals surface area contributed by atoms with Crippen LogP contribution in [0.2, 0.25) is 5.02 Å². The zero-order chi connectivity index (χ0) is 15.4. The van der Waals surface area contributed by atoms with Crippen molar-refractivity contribution in [2.45, 2.75) is 32.9 Å². The third kappa shape index (κ3) is 3.97. The van der Waals surface area contributed by atoms with Crippen LogP contribution in [0.5, 0.6) is 5.75 Å². The number of hydrogen-bond acceptors (Lipinski definition) is 3. The van der Waals surface area contributed by atoms with E-state index in [1.54, 1.807) is 6.07 Å². The molecule has 21 heavy (non-hydrogen) atoms. The average Bonchev–Trinajstić information content (AvgIpc) is 2.43. The van der Waals surface area contributed by atoms with Gasteiger partial charge in [0.1, 0.15) is 11.9 Å². The fraction of sp³-hybridized carbons (Fsp3) is 0.294. The summed E-state index contributed by atoms with van der Waals surface area (Å²) in [4.78, 5) is 0. The summed E-state index contributed by atoms with van der Waals surface area (Å²) < 4.78 is 5.95. The standard InChI is InChI=1S/C17H21ClN2O/c1-11-7-8-14(9-12(11)2)17(20-19)13(3)21-16-6-4-5-15(18)10-16/h4-10,13,17,20H,19H2,1-3H3. The topological polar surface area (TPSA) is 47.3 Å². The van der Waals surface area contributed by atoms with E-state index in [0.29, 0.717) is 5.02 Å². The molecule has 0 aromatic heterocycles. The van der Waals surface area contributed by atoms with E-state index in [2.05, 4.69) is 37.5 Å². The van der Waals surface area contributed by atoms with Crippen LogP contribution in [0, 0.1) is 13.8 Å². The van der Waals surface area contributed by atoms with Gasteiger partial charge in [0.25, 0.3) is 0 Å². The van der Waals surface area contributed by atoms with Crippen molar-refractivity contribution < 1.29 is 4.74 Å². The van der Waals surface area contributed by atoms with Crippen LogP contribution in [-0.4, -0.2) is 6.10 Å². The fourth-order valence-corrected chi connectivity index (χ4v) is 2.46. The summed E-state index contributed by atoms with van der Waals surface area (Å²) in [5.41, 5.74) is 6.45. The van der Waals surface area contributed by atoms with E-state index in [-0.39, 0.29) is 12.1 Å². The summed E-state index contributed by atoms with van der Waals surface area (Å²) in [7, 11) is 0. The van der Waals surface area contributed by atoms with Gasteiger partial charge in [-0.1, -0.05) is 35.9 Å². The lowest BCUT2D eigenvalue weighted by atomic mass is 9.98. The molecule has 0 aliphatic rings. The lowest BCUT2D eigenvalue weighted by molar-refractivity contribution is 0.171. The molecular weight excluding hydrogens is 284 g/mol. The molecule has 2 atom stereocenters. The minimum Gasteiger partial charge on any atom is -0.489 e. The number of hydrazine groups is 1. The maximum absolute atomic E-state index is 5.98. The molecule has 2 unspecified atom stereocenters.